The number of para-hydroxylation sites is 1. The monoisotopic (exact) mass is 399 g/mol. The van der Waals surface area contributed by atoms with Crippen molar-refractivity contribution >= 4 is 16.7 Å². The second-order valence-electron chi connectivity index (χ2n) is 7.19. The van der Waals surface area contributed by atoms with E-state index >= 15 is 0 Å². The molecular weight excluding hydrogens is 384 g/mol. The van der Waals surface area contributed by atoms with Gasteiger partial charge in [-0.2, -0.15) is 5.26 Å². The molecule has 0 saturated heterocycles. The summed E-state index contributed by atoms with van der Waals surface area (Å²) in [5.41, 5.74) is 1.31. The van der Waals surface area contributed by atoms with E-state index in [0.717, 1.165) is 5.39 Å². The lowest BCUT2D eigenvalue weighted by molar-refractivity contribution is 0.0976. The van der Waals surface area contributed by atoms with Gasteiger partial charge in [0.25, 0.3) is 0 Å². The fourth-order valence-corrected chi connectivity index (χ4v) is 3.91. The number of hydrogen-bond donors (Lipinski definition) is 0. The van der Waals surface area contributed by atoms with Crippen molar-refractivity contribution in [3.8, 4) is 6.07 Å². The lowest BCUT2D eigenvalue weighted by Gasteiger charge is -2.31. The first-order chi connectivity index (χ1) is 14.6. The van der Waals surface area contributed by atoms with E-state index in [9.17, 15) is 14.0 Å². The highest BCUT2D eigenvalue weighted by molar-refractivity contribution is 5.82. The summed E-state index contributed by atoms with van der Waals surface area (Å²) in [5, 5.41) is 10.7. The highest BCUT2D eigenvalue weighted by Crippen LogP contribution is 2.50. The number of benzene rings is 3. The molecule has 4 aromatic rings. The fourth-order valence-electron chi connectivity index (χ4n) is 3.91. The molecule has 3 aromatic carbocycles. The minimum absolute atomic E-state index is 0.215. The normalized spacial score (nSPS) is 15.2. The molecule has 5 heteroatoms. The minimum atomic E-state index is -1.10. The summed E-state index contributed by atoms with van der Waals surface area (Å²) in [6.07, 6.45) is 0.215. The van der Waals surface area contributed by atoms with Crippen LogP contribution in [0.1, 0.15) is 23.3 Å². The average Bonchev–Trinajstić information content (AvgIpc) is 3.37. The molecule has 5 rings (SSSR count). The Hall–Kier alpha value is -3.91. The molecule has 0 aliphatic carbocycles. The zero-order valence-corrected chi connectivity index (χ0v) is 15.7. The Balaban J connectivity index is 1.67. The van der Waals surface area contributed by atoms with E-state index in [1.165, 1.54) is 24.3 Å². The van der Waals surface area contributed by atoms with E-state index in [-0.39, 0.29) is 18.1 Å². The number of rotatable bonds is 3. The number of nitrogens with zero attached hydrogens (tertiary/aromatic N) is 1. The highest BCUT2D eigenvalue weighted by Gasteiger charge is 2.45. The maximum absolute atomic E-state index is 13.6. The Morgan fingerprint density at radius 1 is 0.833 bits per heavy atom. The molecule has 1 aliphatic heterocycles. The van der Waals surface area contributed by atoms with Crippen LogP contribution < -0.4 is 0 Å². The van der Waals surface area contributed by atoms with E-state index in [2.05, 4.69) is 6.07 Å². The van der Waals surface area contributed by atoms with Crippen molar-refractivity contribution in [1.82, 2.24) is 0 Å². The second-order valence-corrected chi connectivity index (χ2v) is 7.19. The zero-order valence-electron chi connectivity index (χ0n) is 15.7. The molecule has 0 fully saturated rings. The van der Waals surface area contributed by atoms with E-state index < -0.39 is 5.60 Å². The highest BCUT2D eigenvalue weighted by atomic mass is 19.1. The number of hydrogen-bond acceptors (Lipinski definition) is 3. The van der Waals surface area contributed by atoms with Crippen LogP contribution in [0.4, 0.5) is 8.78 Å². The minimum Gasteiger partial charge on any atom is -0.472 e. The molecular formula is C25H15F2NO2. The molecule has 2 heterocycles. The van der Waals surface area contributed by atoms with Gasteiger partial charge in [0, 0.05) is 22.9 Å². The van der Waals surface area contributed by atoms with Gasteiger partial charge < -0.3 is 9.15 Å². The van der Waals surface area contributed by atoms with Gasteiger partial charge in [-0.15, -0.1) is 0 Å². The first-order valence-electron chi connectivity index (χ1n) is 9.42. The number of ether oxygens (including phenoxy) is 1. The fraction of sp³-hybridized carbons (Fsp3) is 0.0800. The molecule has 0 N–H and O–H groups in total. The van der Waals surface area contributed by atoms with Crippen LogP contribution in [-0.4, -0.2) is 0 Å². The molecule has 1 aromatic heterocycles. The van der Waals surface area contributed by atoms with Crippen molar-refractivity contribution in [2.24, 2.45) is 0 Å². The van der Waals surface area contributed by atoms with Gasteiger partial charge in [-0.1, -0.05) is 42.5 Å². The topological polar surface area (TPSA) is 46.2 Å². The zero-order chi connectivity index (χ0) is 20.7. The molecule has 0 spiro atoms. The Morgan fingerprint density at radius 3 is 2.00 bits per heavy atom. The third-order valence-electron chi connectivity index (χ3n) is 5.38. The van der Waals surface area contributed by atoms with Crippen LogP contribution in [-0.2, 0) is 10.3 Å². The van der Waals surface area contributed by atoms with Crippen LogP contribution in [0.5, 0.6) is 0 Å². The predicted molar refractivity (Wildman–Crippen MR) is 108 cm³/mol. The van der Waals surface area contributed by atoms with E-state index in [4.69, 9.17) is 9.15 Å². The van der Waals surface area contributed by atoms with E-state index in [0.29, 0.717) is 33.8 Å². The van der Waals surface area contributed by atoms with Crippen LogP contribution in [0.2, 0.25) is 0 Å². The molecule has 0 atom stereocenters. The summed E-state index contributed by atoms with van der Waals surface area (Å²) in [5.74, 6) is 0.0233. The van der Waals surface area contributed by atoms with Crippen molar-refractivity contribution in [3.05, 3.63) is 113 Å². The maximum Gasteiger partial charge on any atom is 0.177 e. The van der Waals surface area contributed by atoms with Crippen LogP contribution in [0.3, 0.4) is 0 Å². The smallest absolute Gasteiger partial charge is 0.177 e. The van der Waals surface area contributed by atoms with Gasteiger partial charge >= 0.3 is 0 Å². The number of furan rings is 1. The maximum atomic E-state index is 13.6. The first kappa shape index (κ1) is 18.1. The van der Waals surface area contributed by atoms with Gasteiger partial charge in [0.05, 0.1) is 11.6 Å². The summed E-state index contributed by atoms with van der Waals surface area (Å²) in [7, 11) is 0. The number of halogens is 2. The molecule has 0 saturated carbocycles. The molecule has 146 valence electrons. The van der Waals surface area contributed by atoms with Crippen LogP contribution in [0, 0.1) is 23.0 Å². The number of fused-ring (bicyclic) bond motifs is 1. The van der Waals surface area contributed by atoms with Gasteiger partial charge in [0.2, 0.25) is 0 Å². The van der Waals surface area contributed by atoms with Gasteiger partial charge in [-0.05, 0) is 36.4 Å². The molecule has 30 heavy (non-hydrogen) atoms. The Labute approximate surface area is 171 Å². The average molecular weight is 399 g/mol. The molecule has 0 unspecified atom stereocenters. The second kappa shape index (κ2) is 6.85. The standard InChI is InChI=1S/C25H15F2NO2/c26-20-9-5-18(6-10-20)25(19-7-11-21(27)12-8-19)14-17(15-28)24(30-25)23-13-16-3-1-2-4-22(16)29-23/h1-13H,14H2. The quantitative estimate of drug-likeness (QED) is 0.406. The Kier molecular flexibility index (Phi) is 4.14. The van der Waals surface area contributed by atoms with Crippen molar-refractivity contribution < 1.29 is 17.9 Å². The van der Waals surface area contributed by atoms with Crippen LogP contribution >= 0.6 is 0 Å². The van der Waals surface area contributed by atoms with Crippen molar-refractivity contribution in [2.45, 2.75) is 12.0 Å². The molecule has 0 radical (unpaired) electrons. The lowest BCUT2D eigenvalue weighted by atomic mass is 9.82. The Bertz CT molecular complexity index is 1230. The van der Waals surface area contributed by atoms with Crippen LogP contribution in [0.15, 0.2) is 88.9 Å². The third kappa shape index (κ3) is 2.85. The van der Waals surface area contributed by atoms with Crippen molar-refractivity contribution in [1.29, 1.82) is 5.26 Å². The third-order valence-corrected chi connectivity index (χ3v) is 5.38. The molecule has 3 nitrogen and oxygen atoms in total. The van der Waals surface area contributed by atoms with Gasteiger partial charge in [0.15, 0.2) is 17.1 Å². The predicted octanol–water partition coefficient (Wildman–Crippen LogP) is 6.31. The molecule has 0 amide bonds. The number of nitriles is 1. The summed E-state index contributed by atoms with van der Waals surface area (Å²) in [6, 6.07) is 23.4. The molecule has 1 aliphatic rings. The summed E-state index contributed by atoms with van der Waals surface area (Å²) < 4.78 is 39.5. The summed E-state index contributed by atoms with van der Waals surface area (Å²) >= 11 is 0. The molecule has 0 bridgehead atoms. The van der Waals surface area contributed by atoms with Crippen molar-refractivity contribution in [2.75, 3.05) is 0 Å². The summed E-state index contributed by atoms with van der Waals surface area (Å²) in [6.45, 7) is 0. The van der Waals surface area contributed by atoms with Gasteiger partial charge in [-0.3, -0.25) is 0 Å². The lowest BCUT2D eigenvalue weighted by Crippen LogP contribution is -2.27. The van der Waals surface area contributed by atoms with E-state index in [1.807, 2.05) is 30.3 Å². The summed E-state index contributed by atoms with van der Waals surface area (Å²) in [4.78, 5) is 0. The van der Waals surface area contributed by atoms with Gasteiger partial charge in [0.1, 0.15) is 17.2 Å². The Morgan fingerprint density at radius 2 is 1.43 bits per heavy atom. The first-order valence-corrected chi connectivity index (χ1v) is 9.42. The van der Waals surface area contributed by atoms with Gasteiger partial charge in [-0.25, -0.2) is 8.78 Å². The van der Waals surface area contributed by atoms with Crippen molar-refractivity contribution in [3.63, 3.8) is 0 Å². The van der Waals surface area contributed by atoms with Crippen LogP contribution in [0.25, 0.3) is 16.7 Å². The largest absolute Gasteiger partial charge is 0.472 e. The van der Waals surface area contributed by atoms with E-state index in [1.54, 1.807) is 24.3 Å². The SMILES string of the molecule is N#CC1=C(c2cc3ccccc3o2)OC(c2ccc(F)cc2)(c2ccc(F)cc2)C1.